The van der Waals surface area contributed by atoms with E-state index in [1.165, 1.54) is 16.2 Å². The van der Waals surface area contributed by atoms with Crippen LogP contribution in [-0.2, 0) is 20.1 Å². The average Bonchev–Trinajstić information content (AvgIpc) is 2.78. The number of aliphatic hydroxyl groups excluding tert-OH is 1. The minimum absolute atomic E-state index is 0. The maximum atomic E-state index is 9.52. The quantitative estimate of drug-likeness (QED) is 0.0861. The molecule has 0 unspecified atom stereocenters. The van der Waals surface area contributed by atoms with Gasteiger partial charge in [0.15, 0.2) is 0 Å². The molecule has 0 amide bonds. The molecule has 2 N–H and O–H groups in total. The zero-order valence-corrected chi connectivity index (χ0v) is 21.5. The fourth-order valence-corrected chi connectivity index (χ4v) is 3.32. The van der Waals surface area contributed by atoms with E-state index in [-0.39, 0.29) is 37.1 Å². The normalized spacial score (nSPS) is 11.8. The molecule has 0 aliphatic rings. The Morgan fingerprint density at radius 2 is 1.56 bits per heavy atom. The number of pyridine rings is 1. The van der Waals surface area contributed by atoms with Gasteiger partial charge in [0.1, 0.15) is 5.76 Å². The van der Waals surface area contributed by atoms with Gasteiger partial charge in [-0.25, -0.2) is 0 Å². The van der Waals surface area contributed by atoms with Gasteiger partial charge in [0.05, 0.1) is 18.0 Å². The zero-order valence-electron chi connectivity index (χ0n) is 19.1. The number of allylic oxidation sites excluding steroid dienone is 2. The summed E-state index contributed by atoms with van der Waals surface area (Å²) in [6, 6.07) is 28.0. The van der Waals surface area contributed by atoms with Crippen molar-refractivity contribution < 1.29 is 30.0 Å². The molecule has 4 aromatic rings. The molecule has 4 heteroatoms. The van der Waals surface area contributed by atoms with Crippen molar-refractivity contribution in [1.82, 2.24) is 4.98 Å². The third-order valence-corrected chi connectivity index (χ3v) is 5.19. The van der Waals surface area contributed by atoms with Crippen LogP contribution >= 0.6 is 0 Å². The van der Waals surface area contributed by atoms with Gasteiger partial charge in [0.25, 0.3) is 0 Å². The van der Waals surface area contributed by atoms with Gasteiger partial charge < -0.3 is 5.11 Å². The van der Waals surface area contributed by atoms with Gasteiger partial charge >= 0.3 is 5.78 Å². The van der Waals surface area contributed by atoms with Crippen molar-refractivity contribution in [2.24, 2.45) is 5.41 Å². The third-order valence-electron chi connectivity index (χ3n) is 5.19. The van der Waals surface area contributed by atoms with Crippen molar-refractivity contribution >= 4 is 27.5 Å². The number of hydrogen-bond donors (Lipinski definition) is 1. The molecule has 32 heavy (non-hydrogen) atoms. The van der Waals surface area contributed by atoms with Gasteiger partial charge in [-0.1, -0.05) is 63.2 Å². The van der Waals surface area contributed by atoms with Crippen molar-refractivity contribution in [3.8, 4) is 11.3 Å². The Bertz CT molecular complexity index is 1250. The number of benzene rings is 3. The maximum Gasteiger partial charge on any atom is 0.319 e. The van der Waals surface area contributed by atoms with E-state index in [9.17, 15) is 5.11 Å². The molecule has 0 aliphatic heterocycles. The van der Waals surface area contributed by atoms with Crippen LogP contribution in [0.4, 0.5) is 0 Å². The molecule has 3 nitrogen and oxygen atoms in total. The van der Waals surface area contributed by atoms with E-state index in [0.29, 0.717) is 5.57 Å². The Labute approximate surface area is 203 Å². The van der Waals surface area contributed by atoms with Crippen LogP contribution in [0.15, 0.2) is 84.1 Å². The van der Waals surface area contributed by atoms with E-state index < -0.39 is 0 Å². The van der Waals surface area contributed by atoms with Gasteiger partial charge in [-0.2, -0.15) is 0 Å². The molecule has 1 aromatic heterocycles. The van der Waals surface area contributed by atoms with Crippen LogP contribution in [0, 0.1) is 11.5 Å². The minimum atomic E-state index is -0.284. The summed E-state index contributed by atoms with van der Waals surface area (Å²) in [5.74, 6) is 0.426. The second kappa shape index (κ2) is 10.7. The van der Waals surface area contributed by atoms with Crippen LogP contribution in [0.2, 0.25) is 0 Å². The van der Waals surface area contributed by atoms with Crippen LogP contribution in [0.1, 0.15) is 34.6 Å². The van der Waals surface area contributed by atoms with E-state index >= 15 is 0 Å². The second-order valence-electron chi connectivity index (χ2n) is 8.64. The molecular formula is C28H29IrNO2. The van der Waals surface area contributed by atoms with Crippen LogP contribution in [0.5, 0.6) is 0 Å². The Balaban J connectivity index is 0.000000263. The fourth-order valence-electron chi connectivity index (χ4n) is 3.32. The van der Waals surface area contributed by atoms with Crippen molar-refractivity contribution in [3.05, 3.63) is 90.2 Å². The Morgan fingerprint density at radius 1 is 0.875 bits per heavy atom. The number of nitrogens with zero attached hydrogens (tertiary/aromatic N) is 1. The van der Waals surface area contributed by atoms with Gasteiger partial charge in [-0.05, 0) is 29.5 Å². The van der Waals surface area contributed by atoms with Crippen LogP contribution in [0.3, 0.4) is 0 Å². The molecule has 1 radical (unpaired) electrons. The van der Waals surface area contributed by atoms with Crippen molar-refractivity contribution in [1.29, 1.82) is 0 Å². The number of aromatic nitrogens is 1. The fraction of sp³-hybridized carbons (Fsp3) is 0.214. The predicted octanol–water partition coefficient (Wildman–Crippen LogP) is 7.28. The van der Waals surface area contributed by atoms with E-state index in [0.717, 1.165) is 16.8 Å². The largest absolute Gasteiger partial charge is 0.511 e. The first kappa shape index (κ1) is 25.4. The Kier molecular flexibility index (Phi) is 8.49. The first-order valence-electron chi connectivity index (χ1n) is 10.4. The third kappa shape index (κ3) is 5.91. The van der Waals surface area contributed by atoms with Crippen LogP contribution < -0.4 is 0 Å². The topological polar surface area (TPSA) is 54.5 Å². The SMILES string of the molecule is CC(=[OH+])/C(C)=C(\O)C(C)(C)C.[Ir].[c-]1ccccc1-c1ccc2c(ccc3ccccc32)n1. The maximum absolute atomic E-state index is 9.52. The van der Waals surface area contributed by atoms with E-state index in [1.807, 2.05) is 45.0 Å². The molecule has 0 bridgehead atoms. The molecule has 4 rings (SSSR count). The molecule has 3 aromatic carbocycles. The molecule has 1 heterocycles. The molecule has 0 spiro atoms. The second-order valence-corrected chi connectivity index (χ2v) is 8.64. The summed E-state index contributed by atoms with van der Waals surface area (Å²) in [5, 5.41) is 13.2. The first-order chi connectivity index (χ1) is 14.7. The molecular weight excluding hydrogens is 575 g/mol. The number of rotatable bonds is 2. The van der Waals surface area contributed by atoms with E-state index in [1.54, 1.807) is 13.8 Å². The molecule has 0 atom stereocenters. The monoisotopic (exact) mass is 604 g/mol. The molecule has 0 aliphatic carbocycles. The number of fused-ring (bicyclic) bond motifs is 3. The number of hydrogen-bond acceptors (Lipinski definition) is 2. The summed E-state index contributed by atoms with van der Waals surface area (Å²) >= 11 is 0. The van der Waals surface area contributed by atoms with Crippen LogP contribution in [0.25, 0.3) is 32.9 Å². The van der Waals surface area contributed by atoms with Crippen molar-refractivity contribution in [2.45, 2.75) is 34.6 Å². The van der Waals surface area contributed by atoms with Gasteiger partial charge in [-0.3, -0.25) is 9.78 Å². The summed E-state index contributed by atoms with van der Waals surface area (Å²) < 4.78 is 0. The molecule has 0 fully saturated rings. The summed E-state index contributed by atoms with van der Waals surface area (Å²) in [7, 11) is 0. The Hall–Kier alpha value is -2.81. The molecule has 167 valence electrons. The summed E-state index contributed by atoms with van der Waals surface area (Å²) in [6.45, 7) is 8.96. The number of aliphatic hydroxyl groups is 1. The van der Waals surface area contributed by atoms with Crippen LogP contribution in [-0.4, -0.2) is 20.7 Å². The van der Waals surface area contributed by atoms with E-state index in [2.05, 4.69) is 54.6 Å². The first-order valence-corrected chi connectivity index (χ1v) is 10.4. The van der Waals surface area contributed by atoms with E-state index in [4.69, 9.17) is 9.78 Å². The number of carbonyl (C=O) groups excluding carboxylic acids is 1. The molecule has 0 saturated heterocycles. The van der Waals surface area contributed by atoms with Gasteiger partial charge in [-0.15, -0.1) is 35.9 Å². The summed E-state index contributed by atoms with van der Waals surface area (Å²) in [5.41, 5.74) is 3.31. The van der Waals surface area contributed by atoms with Gasteiger partial charge in [0, 0.05) is 30.9 Å². The average molecular weight is 604 g/mol. The zero-order chi connectivity index (χ0) is 22.6. The predicted molar refractivity (Wildman–Crippen MR) is 131 cm³/mol. The van der Waals surface area contributed by atoms with Gasteiger partial charge in [0.2, 0.25) is 0 Å². The van der Waals surface area contributed by atoms with Crippen molar-refractivity contribution in [3.63, 3.8) is 0 Å². The smallest absolute Gasteiger partial charge is 0.319 e. The summed E-state index contributed by atoms with van der Waals surface area (Å²) in [6.07, 6.45) is 0. The molecule has 0 saturated carbocycles. The Morgan fingerprint density at radius 3 is 2.16 bits per heavy atom. The standard InChI is InChI=1S/C19H12N.C9H16O2.Ir/c1-2-7-15(8-3-1)18-13-11-17-16-9-5-4-6-14(16)10-12-19(17)20-18;1-6(7(2)10)8(11)9(3,4)5;/h1-7,9-13H;11H,1-5H3;/q-1;;/p+1/b;8-6-;. The van der Waals surface area contributed by atoms with Crippen molar-refractivity contribution in [2.75, 3.05) is 0 Å². The minimum Gasteiger partial charge on any atom is -0.511 e. The summed E-state index contributed by atoms with van der Waals surface area (Å²) in [4.78, 5) is 13.8. The number of ketones is 1.